The molecule has 0 bridgehead atoms. The van der Waals surface area contributed by atoms with Gasteiger partial charge in [0.05, 0.1) is 7.11 Å². The van der Waals surface area contributed by atoms with Gasteiger partial charge in [0.1, 0.15) is 11.6 Å². The van der Waals surface area contributed by atoms with Crippen molar-refractivity contribution in [1.82, 2.24) is 9.97 Å². The van der Waals surface area contributed by atoms with Crippen molar-refractivity contribution in [2.24, 2.45) is 0 Å². The van der Waals surface area contributed by atoms with Crippen molar-refractivity contribution in [3.8, 4) is 5.75 Å². The van der Waals surface area contributed by atoms with Crippen LogP contribution >= 0.6 is 0 Å². The van der Waals surface area contributed by atoms with Gasteiger partial charge in [0.2, 0.25) is 5.95 Å². The number of rotatable bonds is 8. The zero-order valence-corrected chi connectivity index (χ0v) is 16.1. The molecule has 0 aliphatic heterocycles. The van der Waals surface area contributed by atoms with Crippen LogP contribution in [0.5, 0.6) is 5.75 Å². The zero-order chi connectivity index (χ0) is 19.1. The van der Waals surface area contributed by atoms with Gasteiger partial charge < -0.3 is 15.4 Å². The van der Waals surface area contributed by atoms with E-state index in [1.807, 2.05) is 24.3 Å². The fourth-order valence-corrected chi connectivity index (χ4v) is 2.88. The van der Waals surface area contributed by atoms with E-state index in [2.05, 4.69) is 64.8 Å². The molecule has 5 heteroatoms. The molecule has 0 amide bonds. The van der Waals surface area contributed by atoms with Crippen molar-refractivity contribution in [1.29, 1.82) is 0 Å². The molecule has 5 nitrogen and oxygen atoms in total. The van der Waals surface area contributed by atoms with Gasteiger partial charge in [0, 0.05) is 18.4 Å². The van der Waals surface area contributed by atoms with Gasteiger partial charge in [-0.05, 0) is 47.7 Å². The third-order valence-corrected chi connectivity index (χ3v) is 4.36. The number of methoxy groups -OCH3 is 1. The van der Waals surface area contributed by atoms with Gasteiger partial charge in [-0.1, -0.05) is 44.2 Å². The van der Waals surface area contributed by atoms with Crippen LogP contribution in [-0.2, 0) is 6.42 Å². The first-order valence-electron chi connectivity index (χ1n) is 9.21. The molecule has 2 N–H and O–H groups in total. The molecule has 3 aromatic rings. The highest BCUT2D eigenvalue weighted by atomic mass is 16.5. The first-order valence-corrected chi connectivity index (χ1v) is 9.21. The number of hydrogen-bond acceptors (Lipinski definition) is 5. The Balaban J connectivity index is 1.60. The zero-order valence-electron chi connectivity index (χ0n) is 16.1. The lowest BCUT2D eigenvalue weighted by Gasteiger charge is -2.14. The second-order valence-corrected chi connectivity index (χ2v) is 6.66. The van der Waals surface area contributed by atoms with Crippen molar-refractivity contribution in [3.05, 3.63) is 71.9 Å². The first-order chi connectivity index (χ1) is 13.2. The second-order valence-electron chi connectivity index (χ2n) is 6.66. The summed E-state index contributed by atoms with van der Waals surface area (Å²) < 4.78 is 5.19. The number of para-hydroxylation sites is 1. The molecule has 0 spiro atoms. The van der Waals surface area contributed by atoms with Crippen LogP contribution in [0.2, 0.25) is 0 Å². The molecule has 0 saturated carbocycles. The smallest absolute Gasteiger partial charge is 0.229 e. The van der Waals surface area contributed by atoms with Crippen LogP contribution < -0.4 is 15.4 Å². The number of hydrogen-bond donors (Lipinski definition) is 2. The summed E-state index contributed by atoms with van der Waals surface area (Å²) in [7, 11) is 1.68. The molecular formula is C22H26N4O. The van der Waals surface area contributed by atoms with E-state index in [9.17, 15) is 0 Å². The molecule has 0 unspecified atom stereocenters. The lowest BCUT2D eigenvalue weighted by molar-refractivity contribution is 0.414. The Bertz CT molecular complexity index is 862. The summed E-state index contributed by atoms with van der Waals surface area (Å²) in [5.74, 6) is 2.71. The summed E-state index contributed by atoms with van der Waals surface area (Å²) in [5, 5.41) is 6.70. The van der Waals surface area contributed by atoms with Crippen LogP contribution in [0.3, 0.4) is 0 Å². The Labute approximate surface area is 160 Å². The van der Waals surface area contributed by atoms with E-state index in [1.54, 1.807) is 13.3 Å². The van der Waals surface area contributed by atoms with Gasteiger partial charge in [0.25, 0.3) is 0 Å². The fourth-order valence-electron chi connectivity index (χ4n) is 2.88. The first kappa shape index (κ1) is 18.7. The Kier molecular flexibility index (Phi) is 6.26. The third kappa shape index (κ3) is 5.20. The Morgan fingerprint density at radius 1 is 1.00 bits per heavy atom. The van der Waals surface area contributed by atoms with Gasteiger partial charge in [-0.3, -0.25) is 0 Å². The monoisotopic (exact) mass is 362 g/mol. The summed E-state index contributed by atoms with van der Waals surface area (Å²) in [5.41, 5.74) is 3.54. The Morgan fingerprint density at radius 3 is 2.52 bits per heavy atom. The van der Waals surface area contributed by atoms with Gasteiger partial charge in [0.15, 0.2) is 0 Å². The quantitative estimate of drug-likeness (QED) is 0.590. The van der Waals surface area contributed by atoms with Crippen LogP contribution in [-0.4, -0.2) is 23.6 Å². The van der Waals surface area contributed by atoms with Crippen molar-refractivity contribution in [2.45, 2.75) is 26.2 Å². The SMILES string of the molecule is COc1ccc(CCNc2ccnc(Nc3ccccc3C(C)C)n2)cc1. The standard InChI is InChI=1S/C22H26N4O/c1-16(2)19-6-4-5-7-20(19)25-22-24-15-13-21(26-22)23-14-12-17-8-10-18(27-3)11-9-17/h4-11,13,15-16H,12,14H2,1-3H3,(H2,23,24,25,26). The third-order valence-electron chi connectivity index (χ3n) is 4.36. The topological polar surface area (TPSA) is 59.1 Å². The van der Waals surface area contributed by atoms with Crippen LogP contribution in [0.15, 0.2) is 60.8 Å². The lowest BCUT2D eigenvalue weighted by atomic mass is 10.0. The molecular weight excluding hydrogens is 336 g/mol. The van der Waals surface area contributed by atoms with E-state index in [-0.39, 0.29) is 0 Å². The maximum Gasteiger partial charge on any atom is 0.229 e. The number of ether oxygens (including phenoxy) is 1. The number of nitrogens with one attached hydrogen (secondary N) is 2. The minimum absolute atomic E-state index is 0.430. The second kappa shape index (κ2) is 9.03. The average Bonchev–Trinajstić information content (AvgIpc) is 2.69. The average molecular weight is 362 g/mol. The predicted molar refractivity (Wildman–Crippen MR) is 111 cm³/mol. The largest absolute Gasteiger partial charge is 0.497 e. The van der Waals surface area contributed by atoms with Crippen LogP contribution in [0.1, 0.15) is 30.9 Å². The van der Waals surface area contributed by atoms with E-state index in [0.29, 0.717) is 11.9 Å². The summed E-state index contributed by atoms with van der Waals surface area (Å²) in [4.78, 5) is 8.92. The Morgan fingerprint density at radius 2 is 1.78 bits per heavy atom. The number of benzene rings is 2. The van der Waals surface area contributed by atoms with Gasteiger partial charge >= 0.3 is 0 Å². The highest BCUT2D eigenvalue weighted by molar-refractivity contribution is 5.60. The molecule has 1 aromatic heterocycles. The summed E-state index contributed by atoms with van der Waals surface area (Å²) >= 11 is 0. The van der Waals surface area contributed by atoms with Crippen molar-refractivity contribution < 1.29 is 4.74 Å². The molecule has 0 fully saturated rings. The van der Waals surface area contributed by atoms with Gasteiger partial charge in [-0.25, -0.2) is 4.98 Å². The predicted octanol–water partition coefficient (Wildman–Crippen LogP) is 5.01. The van der Waals surface area contributed by atoms with Crippen LogP contribution in [0, 0.1) is 0 Å². The summed E-state index contributed by atoms with van der Waals surface area (Å²) in [6, 6.07) is 18.3. The highest BCUT2D eigenvalue weighted by Crippen LogP contribution is 2.25. The van der Waals surface area contributed by atoms with Crippen molar-refractivity contribution in [3.63, 3.8) is 0 Å². The summed E-state index contributed by atoms with van der Waals surface area (Å²) in [6.45, 7) is 5.16. The molecule has 0 aliphatic carbocycles. The van der Waals surface area contributed by atoms with E-state index >= 15 is 0 Å². The molecule has 0 aliphatic rings. The van der Waals surface area contributed by atoms with E-state index in [4.69, 9.17) is 4.74 Å². The van der Waals surface area contributed by atoms with Crippen LogP contribution in [0.4, 0.5) is 17.5 Å². The molecule has 0 radical (unpaired) electrons. The molecule has 140 valence electrons. The minimum atomic E-state index is 0.430. The molecule has 0 saturated heterocycles. The number of anilines is 3. The molecule has 0 atom stereocenters. The van der Waals surface area contributed by atoms with E-state index < -0.39 is 0 Å². The molecule has 1 heterocycles. The molecule has 27 heavy (non-hydrogen) atoms. The lowest BCUT2D eigenvalue weighted by Crippen LogP contribution is -2.08. The molecule has 2 aromatic carbocycles. The highest BCUT2D eigenvalue weighted by Gasteiger charge is 2.07. The fraction of sp³-hybridized carbons (Fsp3) is 0.273. The summed E-state index contributed by atoms with van der Waals surface area (Å²) in [6.07, 6.45) is 2.68. The normalized spacial score (nSPS) is 10.7. The Hall–Kier alpha value is -3.08. The number of nitrogens with zero attached hydrogens (tertiary/aromatic N) is 2. The van der Waals surface area contributed by atoms with Gasteiger partial charge in [-0.2, -0.15) is 4.98 Å². The van der Waals surface area contributed by atoms with E-state index in [0.717, 1.165) is 30.2 Å². The van der Waals surface area contributed by atoms with Crippen molar-refractivity contribution in [2.75, 3.05) is 24.3 Å². The maximum absolute atomic E-state index is 5.19. The number of aromatic nitrogens is 2. The van der Waals surface area contributed by atoms with Crippen molar-refractivity contribution >= 4 is 17.5 Å². The molecule has 3 rings (SSSR count). The van der Waals surface area contributed by atoms with Gasteiger partial charge in [-0.15, -0.1) is 0 Å². The van der Waals surface area contributed by atoms with Crippen LogP contribution in [0.25, 0.3) is 0 Å². The minimum Gasteiger partial charge on any atom is -0.497 e. The van der Waals surface area contributed by atoms with E-state index in [1.165, 1.54) is 11.1 Å². The maximum atomic E-state index is 5.19.